The minimum absolute atomic E-state index is 0.0587. The van der Waals surface area contributed by atoms with Crippen LogP contribution in [0.5, 0.6) is 0 Å². The van der Waals surface area contributed by atoms with Crippen molar-refractivity contribution in [1.82, 2.24) is 0 Å². The molecule has 0 bridgehead atoms. The molecule has 2 aromatic rings. The average Bonchev–Trinajstić information content (AvgIpc) is 2.31. The third-order valence-electron chi connectivity index (χ3n) is 2.36. The van der Waals surface area contributed by atoms with Crippen LogP contribution in [-0.4, -0.2) is 0 Å². The standard InChI is InChI=1S/C13H9F4N/c14-9-5-7-10(8-6-9)18-12-4-2-1-3-11(12)13(15,16)17/h1-8,18H. The fraction of sp³-hybridized carbons (Fsp3) is 0.0769. The Morgan fingerprint density at radius 1 is 0.833 bits per heavy atom. The van der Waals surface area contributed by atoms with E-state index in [1.165, 1.54) is 42.5 Å². The smallest absolute Gasteiger partial charge is 0.355 e. The van der Waals surface area contributed by atoms with Crippen LogP contribution in [0, 0.1) is 5.82 Å². The zero-order valence-corrected chi connectivity index (χ0v) is 9.13. The minimum atomic E-state index is -4.43. The third kappa shape index (κ3) is 2.80. The predicted molar refractivity (Wildman–Crippen MR) is 61.1 cm³/mol. The topological polar surface area (TPSA) is 12.0 Å². The molecule has 0 atom stereocenters. The number of para-hydroxylation sites is 1. The molecule has 0 heterocycles. The summed E-state index contributed by atoms with van der Waals surface area (Å²) in [6.07, 6.45) is -4.43. The second-order valence-electron chi connectivity index (χ2n) is 3.68. The summed E-state index contributed by atoms with van der Waals surface area (Å²) in [6, 6.07) is 10.2. The molecule has 0 saturated heterocycles. The molecule has 0 aliphatic rings. The molecule has 0 saturated carbocycles. The van der Waals surface area contributed by atoms with E-state index in [0.29, 0.717) is 5.69 Å². The van der Waals surface area contributed by atoms with Crippen LogP contribution in [0.3, 0.4) is 0 Å². The molecular formula is C13H9F4N. The lowest BCUT2D eigenvalue weighted by atomic mass is 10.1. The van der Waals surface area contributed by atoms with E-state index in [-0.39, 0.29) is 5.69 Å². The number of halogens is 4. The van der Waals surface area contributed by atoms with Gasteiger partial charge in [0, 0.05) is 5.69 Å². The number of hydrogen-bond donors (Lipinski definition) is 1. The van der Waals surface area contributed by atoms with E-state index in [4.69, 9.17) is 0 Å². The number of hydrogen-bond acceptors (Lipinski definition) is 1. The molecular weight excluding hydrogens is 246 g/mol. The van der Waals surface area contributed by atoms with Gasteiger partial charge < -0.3 is 5.32 Å². The van der Waals surface area contributed by atoms with E-state index in [9.17, 15) is 17.6 Å². The van der Waals surface area contributed by atoms with Gasteiger partial charge in [-0.25, -0.2) is 4.39 Å². The van der Waals surface area contributed by atoms with Crippen molar-refractivity contribution in [2.45, 2.75) is 6.18 Å². The van der Waals surface area contributed by atoms with Crippen LogP contribution in [0.15, 0.2) is 48.5 Å². The second-order valence-corrected chi connectivity index (χ2v) is 3.68. The van der Waals surface area contributed by atoms with Gasteiger partial charge in [-0.05, 0) is 36.4 Å². The number of anilines is 2. The summed E-state index contributed by atoms with van der Waals surface area (Å²) in [4.78, 5) is 0. The zero-order chi connectivity index (χ0) is 13.2. The van der Waals surface area contributed by atoms with Gasteiger partial charge in [-0.3, -0.25) is 0 Å². The summed E-state index contributed by atoms with van der Waals surface area (Å²) < 4.78 is 50.8. The molecule has 0 spiro atoms. The Bertz CT molecular complexity index is 531. The summed E-state index contributed by atoms with van der Waals surface area (Å²) >= 11 is 0. The molecule has 0 unspecified atom stereocenters. The molecule has 0 fully saturated rings. The third-order valence-corrected chi connectivity index (χ3v) is 2.36. The molecule has 2 aromatic carbocycles. The Morgan fingerprint density at radius 2 is 1.44 bits per heavy atom. The van der Waals surface area contributed by atoms with Crippen molar-refractivity contribution >= 4 is 11.4 Å². The summed E-state index contributed by atoms with van der Waals surface area (Å²) in [6.45, 7) is 0. The van der Waals surface area contributed by atoms with E-state index in [1.54, 1.807) is 0 Å². The highest BCUT2D eigenvalue weighted by molar-refractivity contribution is 5.63. The Morgan fingerprint density at radius 3 is 2.06 bits per heavy atom. The van der Waals surface area contributed by atoms with Crippen LogP contribution >= 0.6 is 0 Å². The van der Waals surface area contributed by atoms with E-state index in [1.807, 2.05) is 0 Å². The monoisotopic (exact) mass is 255 g/mol. The van der Waals surface area contributed by atoms with E-state index in [2.05, 4.69) is 5.32 Å². The van der Waals surface area contributed by atoms with Crippen molar-refractivity contribution in [2.24, 2.45) is 0 Å². The van der Waals surface area contributed by atoms with E-state index in [0.717, 1.165) is 6.07 Å². The first-order valence-electron chi connectivity index (χ1n) is 5.15. The Hall–Kier alpha value is -2.04. The van der Waals surface area contributed by atoms with Crippen molar-refractivity contribution in [2.75, 3.05) is 5.32 Å². The molecule has 2 rings (SSSR count). The fourth-order valence-corrected chi connectivity index (χ4v) is 1.53. The maximum Gasteiger partial charge on any atom is 0.418 e. The first-order valence-corrected chi connectivity index (χ1v) is 5.15. The molecule has 0 aliphatic carbocycles. The van der Waals surface area contributed by atoms with Gasteiger partial charge >= 0.3 is 6.18 Å². The minimum Gasteiger partial charge on any atom is -0.355 e. The van der Waals surface area contributed by atoms with Crippen molar-refractivity contribution in [3.05, 3.63) is 59.9 Å². The first kappa shape index (κ1) is 12.4. The number of alkyl halides is 3. The normalized spacial score (nSPS) is 11.3. The van der Waals surface area contributed by atoms with Gasteiger partial charge in [-0.1, -0.05) is 12.1 Å². The molecule has 0 aliphatic heterocycles. The van der Waals surface area contributed by atoms with Crippen LogP contribution in [0.4, 0.5) is 28.9 Å². The van der Waals surface area contributed by atoms with Gasteiger partial charge in [-0.15, -0.1) is 0 Å². The number of benzene rings is 2. The van der Waals surface area contributed by atoms with Crippen molar-refractivity contribution < 1.29 is 17.6 Å². The molecule has 1 N–H and O–H groups in total. The van der Waals surface area contributed by atoms with Crippen LogP contribution < -0.4 is 5.32 Å². The summed E-state index contributed by atoms with van der Waals surface area (Å²) in [5, 5.41) is 2.62. The molecule has 0 amide bonds. The molecule has 94 valence electrons. The van der Waals surface area contributed by atoms with E-state index >= 15 is 0 Å². The number of nitrogens with one attached hydrogen (secondary N) is 1. The Kier molecular flexibility index (Phi) is 3.23. The zero-order valence-electron chi connectivity index (χ0n) is 9.13. The predicted octanol–water partition coefficient (Wildman–Crippen LogP) is 4.59. The summed E-state index contributed by atoms with van der Waals surface area (Å²) in [5.74, 6) is -0.440. The lowest BCUT2D eigenvalue weighted by Crippen LogP contribution is -2.08. The highest BCUT2D eigenvalue weighted by atomic mass is 19.4. The van der Waals surface area contributed by atoms with Gasteiger partial charge in [0.05, 0.1) is 11.3 Å². The molecule has 0 aromatic heterocycles. The quantitative estimate of drug-likeness (QED) is 0.774. The van der Waals surface area contributed by atoms with Crippen molar-refractivity contribution in [1.29, 1.82) is 0 Å². The van der Waals surface area contributed by atoms with Crippen LogP contribution in [-0.2, 0) is 6.18 Å². The largest absolute Gasteiger partial charge is 0.418 e. The summed E-state index contributed by atoms with van der Waals surface area (Å²) in [5.41, 5.74) is -0.418. The first-order chi connectivity index (χ1) is 8.47. The van der Waals surface area contributed by atoms with Gasteiger partial charge in [-0.2, -0.15) is 13.2 Å². The summed E-state index contributed by atoms with van der Waals surface area (Å²) in [7, 11) is 0. The number of rotatable bonds is 2. The maximum atomic E-state index is 12.7. The van der Waals surface area contributed by atoms with Crippen LogP contribution in [0.25, 0.3) is 0 Å². The highest BCUT2D eigenvalue weighted by Gasteiger charge is 2.33. The Balaban J connectivity index is 2.32. The van der Waals surface area contributed by atoms with E-state index < -0.39 is 17.6 Å². The van der Waals surface area contributed by atoms with Gasteiger partial charge in [0.2, 0.25) is 0 Å². The molecule has 5 heteroatoms. The Labute approximate surface area is 101 Å². The van der Waals surface area contributed by atoms with Gasteiger partial charge in [0.25, 0.3) is 0 Å². The highest BCUT2D eigenvalue weighted by Crippen LogP contribution is 2.35. The second kappa shape index (κ2) is 4.68. The maximum absolute atomic E-state index is 12.7. The molecule has 0 radical (unpaired) electrons. The van der Waals surface area contributed by atoms with Gasteiger partial charge in [0.1, 0.15) is 5.82 Å². The lowest BCUT2D eigenvalue weighted by Gasteiger charge is -2.14. The SMILES string of the molecule is Fc1ccc(Nc2ccccc2C(F)(F)F)cc1. The van der Waals surface area contributed by atoms with Crippen molar-refractivity contribution in [3.63, 3.8) is 0 Å². The van der Waals surface area contributed by atoms with Crippen LogP contribution in [0.1, 0.15) is 5.56 Å². The average molecular weight is 255 g/mol. The lowest BCUT2D eigenvalue weighted by molar-refractivity contribution is -0.136. The van der Waals surface area contributed by atoms with Gasteiger partial charge in [0.15, 0.2) is 0 Å². The van der Waals surface area contributed by atoms with Crippen LogP contribution in [0.2, 0.25) is 0 Å². The molecule has 1 nitrogen and oxygen atoms in total. The van der Waals surface area contributed by atoms with Crippen molar-refractivity contribution in [3.8, 4) is 0 Å². The molecule has 18 heavy (non-hydrogen) atoms. The fourth-order valence-electron chi connectivity index (χ4n) is 1.53.